The Balaban J connectivity index is 2.16. The lowest BCUT2D eigenvalue weighted by Crippen LogP contribution is -2.34. The maximum Gasteiger partial charge on any atom is 0.306 e. The highest BCUT2D eigenvalue weighted by Gasteiger charge is 2.30. The van der Waals surface area contributed by atoms with Crippen LogP contribution in [0.25, 0.3) is 0 Å². The number of Topliss-reactive ketones (excluding diaryl/α,β-unsaturated/α-hetero) is 1. The van der Waals surface area contributed by atoms with Crippen molar-refractivity contribution in [1.82, 2.24) is 0 Å². The third-order valence-electron chi connectivity index (χ3n) is 4.49. The van der Waals surface area contributed by atoms with Crippen LogP contribution >= 0.6 is 0 Å². The van der Waals surface area contributed by atoms with Crippen LogP contribution in [0.5, 0.6) is 0 Å². The standard InChI is InChI=1S/C18H32O3/c1-3-4-5-6-7-8-9-10-12-16(15(2)19)17-13-11-14-18(20)21-17/h16-17H,3-14H2,1-2H3. The average molecular weight is 296 g/mol. The molecule has 2 atom stereocenters. The Bertz CT molecular complexity index is 312. The van der Waals surface area contributed by atoms with Crippen molar-refractivity contribution in [3.8, 4) is 0 Å². The van der Waals surface area contributed by atoms with Gasteiger partial charge in [0, 0.05) is 6.42 Å². The molecule has 0 aliphatic carbocycles. The molecule has 21 heavy (non-hydrogen) atoms. The molecule has 3 heteroatoms. The van der Waals surface area contributed by atoms with Crippen molar-refractivity contribution >= 4 is 11.8 Å². The fourth-order valence-corrected chi connectivity index (χ4v) is 3.17. The van der Waals surface area contributed by atoms with Gasteiger partial charge in [-0.05, 0) is 26.2 Å². The van der Waals surface area contributed by atoms with Gasteiger partial charge in [0.25, 0.3) is 0 Å². The van der Waals surface area contributed by atoms with E-state index in [2.05, 4.69) is 6.92 Å². The van der Waals surface area contributed by atoms with Gasteiger partial charge in [0.15, 0.2) is 0 Å². The van der Waals surface area contributed by atoms with Gasteiger partial charge < -0.3 is 4.74 Å². The molecule has 3 nitrogen and oxygen atoms in total. The van der Waals surface area contributed by atoms with Crippen molar-refractivity contribution in [2.24, 2.45) is 5.92 Å². The fraction of sp³-hybridized carbons (Fsp3) is 0.889. The zero-order valence-corrected chi connectivity index (χ0v) is 13.9. The molecule has 1 aliphatic heterocycles. The molecule has 1 saturated heterocycles. The van der Waals surface area contributed by atoms with Crippen LogP contribution in [-0.2, 0) is 14.3 Å². The number of ether oxygens (including phenoxy) is 1. The predicted molar refractivity (Wildman–Crippen MR) is 85.1 cm³/mol. The summed E-state index contributed by atoms with van der Waals surface area (Å²) in [5, 5.41) is 0. The second-order valence-corrected chi connectivity index (χ2v) is 6.40. The van der Waals surface area contributed by atoms with Crippen LogP contribution in [0.4, 0.5) is 0 Å². The Kier molecular flexibility index (Phi) is 9.36. The summed E-state index contributed by atoms with van der Waals surface area (Å²) < 4.78 is 5.37. The lowest BCUT2D eigenvalue weighted by atomic mass is 9.88. The Hall–Kier alpha value is -0.860. The highest BCUT2D eigenvalue weighted by atomic mass is 16.5. The number of rotatable bonds is 11. The Morgan fingerprint density at radius 1 is 1.14 bits per heavy atom. The van der Waals surface area contributed by atoms with Gasteiger partial charge in [-0.2, -0.15) is 0 Å². The van der Waals surface area contributed by atoms with Crippen molar-refractivity contribution in [3.63, 3.8) is 0 Å². The molecule has 0 bridgehead atoms. The lowest BCUT2D eigenvalue weighted by Gasteiger charge is -2.28. The first-order chi connectivity index (χ1) is 10.1. The van der Waals surface area contributed by atoms with Gasteiger partial charge in [-0.15, -0.1) is 0 Å². The molecule has 0 saturated carbocycles. The maximum absolute atomic E-state index is 11.8. The fourth-order valence-electron chi connectivity index (χ4n) is 3.17. The van der Waals surface area contributed by atoms with Crippen molar-refractivity contribution in [2.45, 2.75) is 97.0 Å². The SMILES string of the molecule is CCCCCCCCCCC(C(C)=O)C1CCCC(=O)O1. The Morgan fingerprint density at radius 3 is 2.33 bits per heavy atom. The molecule has 122 valence electrons. The minimum absolute atomic E-state index is 0.0747. The van der Waals surface area contributed by atoms with Crippen LogP contribution in [0.2, 0.25) is 0 Å². The third kappa shape index (κ3) is 7.63. The van der Waals surface area contributed by atoms with E-state index in [1.807, 2.05) is 0 Å². The minimum atomic E-state index is -0.159. The molecule has 2 unspecified atom stereocenters. The average Bonchev–Trinajstić information content (AvgIpc) is 2.45. The first kappa shape index (κ1) is 18.2. The van der Waals surface area contributed by atoms with E-state index in [9.17, 15) is 9.59 Å². The highest BCUT2D eigenvalue weighted by molar-refractivity contribution is 5.79. The van der Waals surface area contributed by atoms with Gasteiger partial charge in [0.2, 0.25) is 0 Å². The van der Waals surface area contributed by atoms with Crippen LogP contribution in [0.15, 0.2) is 0 Å². The largest absolute Gasteiger partial charge is 0.462 e. The van der Waals surface area contributed by atoms with E-state index in [-0.39, 0.29) is 23.8 Å². The molecule has 0 radical (unpaired) electrons. The smallest absolute Gasteiger partial charge is 0.306 e. The summed E-state index contributed by atoms with van der Waals surface area (Å²) in [6.07, 6.45) is 13.1. The van der Waals surface area contributed by atoms with Crippen molar-refractivity contribution in [2.75, 3.05) is 0 Å². The summed E-state index contributed by atoms with van der Waals surface area (Å²) in [6, 6.07) is 0. The van der Waals surface area contributed by atoms with E-state index < -0.39 is 0 Å². The summed E-state index contributed by atoms with van der Waals surface area (Å²) >= 11 is 0. The number of unbranched alkanes of at least 4 members (excludes halogenated alkanes) is 7. The first-order valence-electron chi connectivity index (χ1n) is 8.85. The lowest BCUT2D eigenvalue weighted by molar-refractivity contribution is -0.158. The van der Waals surface area contributed by atoms with E-state index in [0.717, 1.165) is 25.7 Å². The number of ketones is 1. The topological polar surface area (TPSA) is 43.4 Å². The Morgan fingerprint density at radius 2 is 1.76 bits per heavy atom. The van der Waals surface area contributed by atoms with Gasteiger partial charge >= 0.3 is 5.97 Å². The Labute approximate surface area is 129 Å². The number of esters is 1. The van der Waals surface area contributed by atoms with Crippen molar-refractivity contribution in [1.29, 1.82) is 0 Å². The van der Waals surface area contributed by atoms with Gasteiger partial charge in [-0.25, -0.2) is 0 Å². The van der Waals surface area contributed by atoms with Crippen LogP contribution in [0.1, 0.15) is 90.9 Å². The summed E-state index contributed by atoms with van der Waals surface area (Å²) in [7, 11) is 0. The van der Waals surface area contributed by atoms with Crippen LogP contribution in [0, 0.1) is 5.92 Å². The molecular weight excluding hydrogens is 264 g/mol. The van der Waals surface area contributed by atoms with Gasteiger partial charge in [0.1, 0.15) is 11.9 Å². The number of carbonyl (C=O) groups excluding carboxylic acids is 2. The zero-order chi connectivity index (χ0) is 15.5. The molecule has 0 amide bonds. The number of hydrogen-bond donors (Lipinski definition) is 0. The molecule has 0 aromatic carbocycles. The summed E-state index contributed by atoms with van der Waals surface area (Å²) in [5.41, 5.74) is 0. The molecule has 1 fully saturated rings. The molecule has 1 rings (SSSR count). The monoisotopic (exact) mass is 296 g/mol. The normalized spacial score (nSPS) is 20.1. The van der Waals surface area contributed by atoms with Crippen molar-refractivity contribution in [3.05, 3.63) is 0 Å². The molecule has 1 heterocycles. The maximum atomic E-state index is 11.8. The molecular formula is C18H32O3. The van der Waals surface area contributed by atoms with Gasteiger partial charge in [0.05, 0.1) is 5.92 Å². The zero-order valence-electron chi connectivity index (χ0n) is 13.9. The predicted octanol–water partition coefficient (Wildman–Crippen LogP) is 4.82. The minimum Gasteiger partial charge on any atom is -0.462 e. The van der Waals surface area contributed by atoms with E-state index in [1.54, 1.807) is 6.92 Å². The van der Waals surface area contributed by atoms with Crippen LogP contribution in [-0.4, -0.2) is 17.9 Å². The summed E-state index contributed by atoms with van der Waals surface area (Å²) in [4.78, 5) is 23.2. The van der Waals surface area contributed by atoms with Gasteiger partial charge in [-0.3, -0.25) is 9.59 Å². The van der Waals surface area contributed by atoms with Crippen LogP contribution < -0.4 is 0 Å². The summed E-state index contributed by atoms with van der Waals surface area (Å²) in [5.74, 6) is -0.0274. The van der Waals surface area contributed by atoms with Crippen molar-refractivity contribution < 1.29 is 14.3 Å². The molecule has 0 aromatic rings. The van der Waals surface area contributed by atoms with E-state index in [4.69, 9.17) is 4.74 Å². The first-order valence-corrected chi connectivity index (χ1v) is 8.85. The number of cyclic esters (lactones) is 1. The van der Waals surface area contributed by atoms with E-state index in [0.29, 0.717) is 6.42 Å². The van der Waals surface area contributed by atoms with Crippen LogP contribution in [0.3, 0.4) is 0 Å². The molecule has 0 aromatic heterocycles. The van der Waals surface area contributed by atoms with E-state index >= 15 is 0 Å². The molecule has 1 aliphatic rings. The second-order valence-electron chi connectivity index (χ2n) is 6.40. The third-order valence-corrected chi connectivity index (χ3v) is 4.49. The number of hydrogen-bond acceptors (Lipinski definition) is 3. The highest BCUT2D eigenvalue weighted by Crippen LogP contribution is 2.26. The molecule has 0 N–H and O–H groups in total. The second kappa shape index (κ2) is 10.8. The van der Waals surface area contributed by atoms with Gasteiger partial charge in [-0.1, -0.05) is 58.3 Å². The molecule has 0 spiro atoms. The number of carbonyl (C=O) groups is 2. The quantitative estimate of drug-likeness (QED) is 0.405. The summed E-state index contributed by atoms with van der Waals surface area (Å²) in [6.45, 7) is 3.87. The van der Waals surface area contributed by atoms with E-state index in [1.165, 1.54) is 44.9 Å².